The predicted molar refractivity (Wildman–Crippen MR) is 74.0 cm³/mol. The summed E-state index contributed by atoms with van der Waals surface area (Å²) in [6.45, 7) is 0.100. The fourth-order valence-corrected chi connectivity index (χ4v) is 1.97. The van der Waals surface area contributed by atoms with Crippen LogP contribution in [0.2, 0.25) is 5.02 Å². The van der Waals surface area contributed by atoms with Gasteiger partial charge in [0.05, 0.1) is 0 Å². The maximum atomic E-state index is 13.6. The number of rotatable bonds is 7. The largest absolute Gasteiger partial charge is 0.481 e. The number of amides is 1. The smallest absolute Gasteiger partial charge is 0.303 e. The molecule has 0 unspecified atom stereocenters. The molecule has 0 aromatic heterocycles. The molecule has 0 aliphatic carbocycles. The Balaban J connectivity index is 2.47. The molecule has 4 nitrogen and oxygen atoms in total. The lowest BCUT2D eigenvalue weighted by atomic mass is 10.1. The number of nitrogens with zero attached hydrogens (tertiary/aromatic N) is 1. The average Bonchev–Trinajstić information content (AvgIpc) is 2.38. The second-order valence-electron chi connectivity index (χ2n) is 4.55. The number of hydrogen-bond acceptors (Lipinski definition) is 2. The van der Waals surface area contributed by atoms with Crippen molar-refractivity contribution in [2.45, 2.75) is 32.2 Å². The van der Waals surface area contributed by atoms with Crippen LogP contribution in [0.5, 0.6) is 0 Å². The summed E-state index contributed by atoms with van der Waals surface area (Å²) in [5.41, 5.74) is 0.288. The quantitative estimate of drug-likeness (QED) is 0.787. The molecule has 0 spiro atoms. The van der Waals surface area contributed by atoms with Crippen LogP contribution in [0.15, 0.2) is 18.2 Å². The lowest BCUT2D eigenvalue weighted by molar-refractivity contribution is -0.137. The van der Waals surface area contributed by atoms with Gasteiger partial charge >= 0.3 is 5.97 Å². The molecule has 0 saturated carbocycles. The molecular weight excluding hydrogens is 285 g/mol. The summed E-state index contributed by atoms with van der Waals surface area (Å²) >= 11 is 5.90. The Morgan fingerprint density at radius 2 is 1.95 bits per heavy atom. The highest BCUT2D eigenvalue weighted by Gasteiger charge is 2.14. The number of unbranched alkanes of at least 4 members (excludes halogenated alkanes) is 1. The first kappa shape index (κ1) is 16.4. The summed E-state index contributed by atoms with van der Waals surface area (Å²) in [5, 5.41) is 8.78. The van der Waals surface area contributed by atoms with Crippen LogP contribution in [-0.2, 0) is 16.1 Å². The fraction of sp³-hybridized carbons (Fsp3) is 0.429. The van der Waals surface area contributed by atoms with Crippen molar-refractivity contribution < 1.29 is 19.1 Å². The van der Waals surface area contributed by atoms with Gasteiger partial charge in [-0.1, -0.05) is 17.7 Å². The highest BCUT2D eigenvalue weighted by Crippen LogP contribution is 2.20. The Hall–Kier alpha value is -1.62. The number of aliphatic carboxylic acids is 1. The molecule has 6 heteroatoms. The molecule has 0 aliphatic rings. The van der Waals surface area contributed by atoms with E-state index in [2.05, 4.69) is 0 Å². The number of halogens is 2. The molecule has 0 fully saturated rings. The fourth-order valence-electron chi connectivity index (χ4n) is 1.75. The van der Waals surface area contributed by atoms with Gasteiger partial charge in [-0.3, -0.25) is 9.59 Å². The van der Waals surface area contributed by atoms with Gasteiger partial charge in [0.1, 0.15) is 5.82 Å². The molecule has 0 aliphatic heterocycles. The van der Waals surface area contributed by atoms with Gasteiger partial charge in [-0.2, -0.15) is 0 Å². The third kappa shape index (κ3) is 5.17. The first-order valence-corrected chi connectivity index (χ1v) is 6.68. The van der Waals surface area contributed by atoms with Gasteiger partial charge in [-0.15, -0.1) is 0 Å². The number of hydrogen-bond donors (Lipinski definition) is 1. The highest BCUT2D eigenvalue weighted by molar-refractivity contribution is 6.31. The number of carboxylic acid groups (broad SMARTS) is 1. The van der Waals surface area contributed by atoms with Gasteiger partial charge in [0.25, 0.3) is 0 Å². The van der Waals surface area contributed by atoms with Gasteiger partial charge in [0.2, 0.25) is 5.91 Å². The van der Waals surface area contributed by atoms with Crippen LogP contribution < -0.4 is 0 Å². The molecule has 0 saturated heterocycles. The molecule has 1 N–H and O–H groups in total. The van der Waals surface area contributed by atoms with E-state index in [1.807, 2.05) is 0 Å². The van der Waals surface area contributed by atoms with Crippen LogP contribution >= 0.6 is 11.6 Å². The van der Waals surface area contributed by atoms with E-state index in [-0.39, 0.29) is 35.9 Å². The van der Waals surface area contributed by atoms with E-state index < -0.39 is 11.8 Å². The Morgan fingerprint density at radius 3 is 2.55 bits per heavy atom. The molecule has 0 radical (unpaired) electrons. The van der Waals surface area contributed by atoms with Crippen molar-refractivity contribution >= 4 is 23.5 Å². The van der Waals surface area contributed by atoms with Crippen LogP contribution in [0, 0.1) is 5.82 Å². The molecule has 0 atom stereocenters. The van der Waals surface area contributed by atoms with E-state index in [0.717, 1.165) is 0 Å². The molecule has 20 heavy (non-hydrogen) atoms. The lowest BCUT2D eigenvalue weighted by Crippen LogP contribution is -2.26. The summed E-state index contributed by atoms with van der Waals surface area (Å²) in [4.78, 5) is 23.6. The van der Waals surface area contributed by atoms with Crippen LogP contribution in [0.1, 0.15) is 31.2 Å². The summed E-state index contributed by atoms with van der Waals surface area (Å²) in [5.74, 6) is -1.47. The zero-order valence-electron chi connectivity index (χ0n) is 11.2. The van der Waals surface area contributed by atoms with Crippen molar-refractivity contribution in [3.63, 3.8) is 0 Å². The van der Waals surface area contributed by atoms with Crippen molar-refractivity contribution in [3.8, 4) is 0 Å². The lowest BCUT2D eigenvalue weighted by Gasteiger charge is -2.18. The summed E-state index contributed by atoms with van der Waals surface area (Å²) < 4.78 is 13.6. The monoisotopic (exact) mass is 301 g/mol. The SMILES string of the molecule is CN(Cc1c(F)cccc1Cl)C(=O)CCCCC(=O)O. The van der Waals surface area contributed by atoms with Crippen molar-refractivity contribution in [3.05, 3.63) is 34.6 Å². The Morgan fingerprint density at radius 1 is 1.30 bits per heavy atom. The zero-order chi connectivity index (χ0) is 15.1. The van der Waals surface area contributed by atoms with E-state index in [1.54, 1.807) is 13.1 Å². The molecule has 0 bridgehead atoms. The van der Waals surface area contributed by atoms with Gasteiger partial charge in [-0.05, 0) is 25.0 Å². The van der Waals surface area contributed by atoms with Gasteiger partial charge in [0, 0.05) is 37.0 Å². The Labute approximate surface area is 122 Å². The second-order valence-corrected chi connectivity index (χ2v) is 4.96. The van der Waals surface area contributed by atoms with Crippen LogP contribution in [-0.4, -0.2) is 28.9 Å². The number of carbonyl (C=O) groups is 2. The number of benzene rings is 1. The number of carboxylic acids is 1. The predicted octanol–water partition coefficient (Wildman–Crippen LogP) is 3.08. The molecule has 0 heterocycles. The minimum absolute atomic E-state index is 0.0517. The third-order valence-corrected chi connectivity index (χ3v) is 3.27. The van der Waals surface area contributed by atoms with E-state index in [4.69, 9.17) is 16.7 Å². The Bertz CT molecular complexity index is 473. The van der Waals surface area contributed by atoms with Crippen molar-refractivity contribution in [1.82, 2.24) is 4.90 Å². The second kappa shape index (κ2) is 7.85. The molecule has 1 rings (SSSR count). The standard InChI is InChI=1S/C14H17ClFNO3/c1-17(13(18)7-2-3-8-14(19)20)9-10-11(15)5-4-6-12(10)16/h4-6H,2-3,7-9H2,1H3,(H,19,20). The minimum atomic E-state index is -0.871. The van der Waals surface area contributed by atoms with Gasteiger partial charge in [-0.25, -0.2) is 4.39 Å². The molecule has 1 aromatic rings. The van der Waals surface area contributed by atoms with Crippen LogP contribution in [0.25, 0.3) is 0 Å². The average molecular weight is 302 g/mol. The molecular formula is C14H17ClFNO3. The zero-order valence-corrected chi connectivity index (χ0v) is 12.0. The van der Waals surface area contributed by atoms with Crippen LogP contribution in [0.4, 0.5) is 4.39 Å². The molecule has 1 amide bonds. The van der Waals surface area contributed by atoms with Crippen molar-refractivity contribution in [2.75, 3.05) is 7.05 Å². The first-order valence-electron chi connectivity index (χ1n) is 6.30. The molecule has 1 aromatic carbocycles. The van der Waals surface area contributed by atoms with Crippen molar-refractivity contribution in [2.24, 2.45) is 0 Å². The maximum Gasteiger partial charge on any atom is 0.303 e. The normalized spacial score (nSPS) is 10.3. The Kier molecular flexibility index (Phi) is 6.45. The summed E-state index contributed by atoms with van der Waals surface area (Å²) in [7, 11) is 1.57. The van der Waals surface area contributed by atoms with E-state index in [9.17, 15) is 14.0 Å². The van der Waals surface area contributed by atoms with E-state index >= 15 is 0 Å². The molecule has 110 valence electrons. The highest BCUT2D eigenvalue weighted by atomic mass is 35.5. The first-order chi connectivity index (χ1) is 9.41. The number of carbonyl (C=O) groups excluding carboxylic acids is 1. The van der Waals surface area contributed by atoms with Gasteiger partial charge in [0.15, 0.2) is 0 Å². The third-order valence-electron chi connectivity index (χ3n) is 2.91. The topological polar surface area (TPSA) is 57.6 Å². The van der Waals surface area contributed by atoms with Crippen LogP contribution in [0.3, 0.4) is 0 Å². The summed E-state index contributed by atoms with van der Waals surface area (Å²) in [6.07, 6.45) is 1.25. The van der Waals surface area contributed by atoms with Crippen molar-refractivity contribution in [1.29, 1.82) is 0 Å². The summed E-state index contributed by atoms with van der Waals surface area (Å²) in [6, 6.07) is 4.38. The van der Waals surface area contributed by atoms with E-state index in [0.29, 0.717) is 12.8 Å². The maximum absolute atomic E-state index is 13.6. The minimum Gasteiger partial charge on any atom is -0.481 e. The van der Waals surface area contributed by atoms with E-state index in [1.165, 1.54) is 17.0 Å². The van der Waals surface area contributed by atoms with Gasteiger partial charge < -0.3 is 10.0 Å².